The number of allylic oxidation sites excluding steroid dienone is 1. The summed E-state index contributed by atoms with van der Waals surface area (Å²) >= 11 is 0. The fourth-order valence-corrected chi connectivity index (χ4v) is 6.68. The third kappa shape index (κ3) is 3.84. The summed E-state index contributed by atoms with van der Waals surface area (Å²) in [5, 5.41) is 0. The van der Waals surface area contributed by atoms with E-state index in [2.05, 4.69) is 18.7 Å². The van der Waals surface area contributed by atoms with Gasteiger partial charge in [-0.3, -0.25) is 14.5 Å². The number of amides is 1. The molecule has 2 aromatic rings. The van der Waals surface area contributed by atoms with Crippen LogP contribution in [-0.4, -0.2) is 44.4 Å². The lowest BCUT2D eigenvalue weighted by Crippen LogP contribution is -2.55. The van der Waals surface area contributed by atoms with Crippen LogP contribution in [0.5, 0.6) is 0 Å². The number of hydrogen-bond donors (Lipinski definition) is 1. The molecule has 1 amide bonds. The van der Waals surface area contributed by atoms with Gasteiger partial charge in [-0.1, -0.05) is 32.0 Å². The fourth-order valence-electron chi connectivity index (χ4n) is 6.68. The van der Waals surface area contributed by atoms with E-state index in [1.807, 2.05) is 62.4 Å². The van der Waals surface area contributed by atoms with E-state index in [1.54, 1.807) is 18.9 Å². The molecule has 40 heavy (non-hydrogen) atoms. The van der Waals surface area contributed by atoms with Crippen LogP contribution in [0.25, 0.3) is 0 Å². The van der Waals surface area contributed by atoms with Gasteiger partial charge in [0.05, 0.1) is 6.61 Å². The first-order valence-electron chi connectivity index (χ1n) is 14.0. The van der Waals surface area contributed by atoms with Crippen LogP contribution >= 0.6 is 0 Å². The van der Waals surface area contributed by atoms with Gasteiger partial charge in [0.1, 0.15) is 16.8 Å². The lowest BCUT2D eigenvalue weighted by molar-refractivity contribution is -0.140. The number of esters is 1. The highest BCUT2D eigenvalue weighted by Crippen LogP contribution is 2.58. The number of Topliss-reactive ketones (excluding diaryl/α,β-unsaturated/α-hetero) is 1. The average Bonchev–Trinajstić information content (AvgIpc) is 3.12. The van der Waals surface area contributed by atoms with Crippen LogP contribution in [0.2, 0.25) is 0 Å². The summed E-state index contributed by atoms with van der Waals surface area (Å²) in [6.45, 7) is 11.8. The van der Waals surface area contributed by atoms with Gasteiger partial charge < -0.3 is 20.3 Å². The number of anilines is 3. The molecule has 0 bridgehead atoms. The maximum Gasteiger partial charge on any atom is 0.339 e. The topological polar surface area (TPSA) is 96.2 Å². The lowest BCUT2D eigenvalue weighted by Gasteiger charge is -2.47. The third-order valence-corrected chi connectivity index (χ3v) is 8.38. The summed E-state index contributed by atoms with van der Waals surface area (Å²) in [6.07, 6.45) is 0.751. The predicted molar refractivity (Wildman–Crippen MR) is 157 cm³/mol. The number of rotatable bonds is 6. The standard InChI is InChI=1S/C32H38N4O4/c1-7-35(8-2)20-14-16-21(17-15-20)36-24-18-31(4,5)19-25(37)26(24)32(27(28(36)33)29(38)40-9-3)22-12-10-11-13-23(22)34(6)30(32)39/h10-17H,7-9,18-19,33H2,1-6H3. The van der Waals surface area contributed by atoms with Gasteiger partial charge in [-0.25, -0.2) is 4.79 Å². The van der Waals surface area contributed by atoms with Crippen molar-refractivity contribution in [3.63, 3.8) is 0 Å². The second-order valence-electron chi connectivity index (χ2n) is 11.4. The highest BCUT2D eigenvalue weighted by Gasteiger charge is 2.64. The molecule has 8 nitrogen and oxygen atoms in total. The van der Waals surface area contributed by atoms with Gasteiger partial charge in [0, 0.05) is 60.5 Å². The predicted octanol–water partition coefficient (Wildman–Crippen LogP) is 4.64. The summed E-state index contributed by atoms with van der Waals surface area (Å²) < 4.78 is 5.54. The van der Waals surface area contributed by atoms with Crippen molar-refractivity contribution in [2.24, 2.45) is 11.1 Å². The molecule has 1 spiro atoms. The lowest BCUT2D eigenvalue weighted by atomic mass is 9.60. The van der Waals surface area contributed by atoms with Gasteiger partial charge in [0.15, 0.2) is 5.78 Å². The molecule has 1 unspecified atom stereocenters. The molecule has 8 heteroatoms. The zero-order chi connectivity index (χ0) is 29.0. The summed E-state index contributed by atoms with van der Waals surface area (Å²) in [7, 11) is 1.67. The first-order valence-corrected chi connectivity index (χ1v) is 14.0. The maximum atomic E-state index is 14.4. The van der Waals surface area contributed by atoms with Crippen LogP contribution in [0.15, 0.2) is 71.2 Å². The first kappa shape index (κ1) is 27.5. The Bertz CT molecular complexity index is 1450. The summed E-state index contributed by atoms with van der Waals surface area (Å²) in [4.78, 5) is 48.0. The van der Waals surface area contributed by atoms with Gasteiger partial charge in [0.2, 0.25) is 5.91 Å². The number of carbonyl (C=O) groups excluding carboxylic acids is 3. The minimum absolute atomic E-state index is 0.00391. The molecule has 1 atom stereocenters. The summed E-state index contributed by atoms with van der Waals surface area (Å²) in [5.74, 6) is -1.13. The van der Waals surface area contributed by atoms with E-state index in [1.165, 1.54) is 4.90 Å². The van der Waals surface area contributed by atoms with Crippen LogP contribution in [0.4, 0.5) is 17.1 Å². The molecular formula is C32H38N4O4. The van der Waals surface area contributed by atoms with E-state index in [4.69, 9.17) is 10.5 Å². The van der Waals surface area contributed by atoms with E-state index in [-0.39, 0.29) is 41.5 Å². The largest absolute Gasteiger partial charge is 0.462 e. The molecule has 3 aliphatic rings. The van der Waals surface area contributed by atoms with Crippen LogP contribution in [0.3, 0.4) is 0 Å². The van der Waals surface area contributed by atoms with Gasteiger partial charge in [0.25, 0.3) is 0 Å². The highest BCUT2D eigenvalue weighted by atomic mass is 16.5. The Labute approximate surface area is 236 Å². The SMILES string of the molecule is CCOC(=O)C1=C(N)N(c2ccc(N(CC)CC)cc2)C2=C(C(=O)CC(C)(C)C2)C12C(=O)N(C)c1ccccc12. The molecule has 2 aromatic carbocycles. The number of benzene rings is 2. The molecule has 2 heterocycles. The van der Waals surface area contributed by atoms with Crippen LogP contribution in [0, 0.1) is 5.41 Å². The highest BCUT2D eigenvalue weighted by molar-refractivity contribution is 6.24. The van der Waals surface area contributed by atoms with Gasteiger partial charge in [-0.15, -0.1) is 0 Å². The molecule has 0 saturated heterocycles. The van der Waals surface area contributed by atoms with Crippen molar-refractivity contribution in [3.05, 3.63) is 76.8 Å². The van der Waals surface area contributed by atoms with E-state index < -0.39 is 11.4 Å². The van der Waals surface area contributed by atoms with E-state index in [0.29, 0.717) is 28.9 Å². The molecule has 0 saturated carbocycles. The van der Waals surface area contributed by atoms with E-state index in [0.717, 1.165) is 24.5 Å². The number of hydrogen-bond acceptors (Lipinski definition) is 7. The van der Waals surface area contributed by atoms with Crippen LogP contribution in [0.1, 0.15) is 53.0 Å². The Hall–Kier alpha value is -4.07. The van der Waals surface area contributed by atoms with Crippen molar-refractivity contribution in [1.29, 1.82) is 0 Å². The second kappa shape index (κ2) is 9.84. The number of nitrogens with zero attached hydrogens (tertiary/aromatic N) is 3. The minimum atomic E-state index is -1.68. The summed E-state index contributed by atoms with van der Waals surface area (Å²) in [6, 6.07) is 15.2. The Morgan fingerprint density at radius 3 is 2.27 bits per heavy atom. The number of ether oxygens (including phenoxy) is 1. The van der Waals surface area contributed by atoms with Gasteiger partial charge in [-0.05, 0) is 62.9 Å². The maximum absolute atomic E-state index is 14.4. The van der Waals surface area contributed by atoms with Crippen LogP contribution < -0.4 is 20.4 Å². The van der Waals surface area contributed by atoms with Crippen molar-refractivity contribution in [2.75, 3.05) is 41.4 Å². The number of fused-ring (bicyclic) bond motifs is 3. The molecule has 210 valence electrons. The number of carbonyl (C=O) groups is 3. The van der Waals surface area contributed by atoms with Crippen molar-refractivity contribution in [3.8, 4) is 0 Å². The summed E-state index contributed by atoms with van der Waals surface area (Å²) in [5.41, 5.74) is 8.89. The quantitative estimate of drug-likeness (QED) is 0.531. The zero-order valence-electron chi connectivity index (χ0n) is 24.2. The fraction of sp³-hybridized carbons (Fsp3) is 0.406. The number of likely N-dealkylation sites (N-methyl/N-ethyl adjacent to an activating group) is 1. The smallest absolute Gasteiger partial charge is 0.339 e. The van der Waals surface area contributed by atoms with Gasteiger partial charge in [-0.2, -0.15) is 0 Å². The van der Waals surface area contributed by atoms with Crippen molar-refractivity contribution in [2.45, 2.75) is 52.9 Å². The van der Waals surface area contributed by atoms with Crippen molar-refractivity contribution in [1.82, 2.24) is 0 Å². The van der Waals surface area contributed by atoms with Crippen molar-refractivity contribution < 1.29 is 19.1 Å². The average molecular weight is 543 g/mol. The molecule has 2 N–H and O–H groups in total. The van der Waals surface area contributed by atoms with E-state index >= 15 is 0 Å². The molecule has 2 aliphatic heterocycles. The van der Waals surface area contributed by atoms with Gasteiger partial charge >= 0.3 is 5.97 Å². The second-order valence-corrected chi connectivity index (χ2v) is 11.4. The normalized spacial score (nSPS) is 21.6. The molecule has 0 aromatic heterocycles. The molecule has 1 aliphatic carbocycles. The molecular weight excluding hydrogens is 504 g/mol. The van der Waals surface area contributed by atoms with Crippen LogP contribution in [-0.2, 0) is 24.5 Å². The number of nitrogens with two attached hydrogens (primary N) is 1. The Morgan fingerprint density at radius 2 is 1.65 bits per heavy atom. The first-order chi connectivity index (χ1) is 19.0. The molecule has 0 radical (unpaired) electrons. The molecule has 0 fully saturated rings. The monoisotopic (exact) mass is 542 g/mol. The Kier molecular flexibility index (Phi) is 6.76. The van der Waals surface area contributed by atoms with Crippen molar-refractivity contribution >= 4 is 34.7 Å². The Balaban J connectivity index is 1.85. The Morgan fingerprint density at radius 1 is 1.00 bits per heavy atom. The minimum Gasteiger partial charge on any atom is -0.462 e. The number of ketones is 1. The van der Waals surface area contributed by atoms with E-state index in [9.17, 15) is 14.4 Å². The third-order valence-electron chi connectivity index (χ3n) is 8.38. The molecule has 5 rings (SSSR count). The number of para-hydroxylation sites is 1. The zero-order valence-corrected chi connectivity index (χ0v) is 24.2.